The molecule has 0 aromatic carbocycles. The predicted octanol–water partition coefficient (Wildman–Crippen LogP) is 3.78. The largest absolute Gasteiger partial charge is 0.369 e. The van der Waals surface area contributed by atoms with E-state index in [0.717, 1.165) is 31.6 Å². The number of nitrogens with zero attached hydrogens (tertiary/aromatic N) is 2. The summed E-state index contributed by atoms with van der Waals surface area (Å²) in [6, 6.07) is 4.31. The summed E-state index contributed by atoms with van der Waals surface area (Å²) < 4.78 is 0. The molecule has 1 aromatic rings. The van der Waals surface area contributed by atoms with Crippen LogP contribution in [-0.2, 0) is 12.8 Å². The minimum absolute atomic E-state index is 0.594. The van der Waals surface area contributed by atoms with Crippen LogP contribution in [0.5, 0.6) is 0 Å². The van der Waals surface area contributed by atoms with Gasteiger partial charge in [0, 0.05) is 12.2 Å². The average Bonchev–Trinajstić information content (AvgIpc) is 2.84. The van der Waals surface area contributed by atoms with Crippen LogP contribution in [-0.4, -0.2) is 11.5 Å². The van der Waals surface area contributed by atoms with Crippen LogP contribution in [0.25, 0.3) is 0 Å². The molecule has 0 amide bonds. The molecule has 1 N–H and O–H groups in total. The summed E-state index contributed by atoms with van der Waals surface area (Å²) in [7, 11) is 0. The molecule has 2 rings (SSSR count). The molecule has 0 saturated carbocycles. The van der Waals surface area contributed by atoms with E-state index >= 15 is 0 Å². The van der Waals surface area contributed by atoms with Gasteiger partial charge in [0.1, 0.15) is 11.9 Å². The molecule has 0 unspecified atom stereocenters. The molecule has 3 nitrogen and oxygen atoms in total. The first-order valence-electron chi connectivity index (χ1n) is 7.69. The maximum absolute atomic E-state index is 9.30. The van der Waals surface area contributed by atoms with E-state index in [1.54, 1.807) is 0 Å². The van der Waals surface area contributed by atoms with E-state index in [2.05, 4.69) is 44.1 Å². The highest BCUT2D eigenvalue weighted by atomic mass is 15.0. The fourth-order valence-corrected chi connectivity index (χ4v) is 3.15. The molecule has 3 heteroatoms. The van der Waals surface area contributed by atoms with E-state index in [0.29, 0.717) is 23.3 Å². The van der Waals surface area contributed by atoms with Crippen molar-refractivity contribution in [1.29, 1.82) is 5.26 Å². The lowest BCUT2D eigenvalue weighted by Crippen LogP contribution is -2.25. The Hall–Kier alpha value is -1.56. The minimum Gasteiger partial charge on any atom is -0.369 e. The summed E-state index contributed by atoms with van der Waals surface area (Å²) >= 11 is 0. The van der Waals surface area contributed by atoms with Crippen molar-refractivity contribution >= 4 is 5.82 Å². The van der Waals surface area contributed by atoms with Crippen LogP contribution in [0.15, 0.2) is 6.07 Å². The second kappa shape index (κ2) is 6.26. The third kappa shape index (κ3) is 3.12. The van der Waals surface area contributed by atoms with Crippen LogP contribution in [0, 0.1) is 29.1 Å². The van der Waals surface area contributed by atoms with Gasteiger partial charge in [-0.1, -0.05) is 27.7 Å². The monoisotopic (exact) mass is 271 g/mol. The minimum atomic E-state index is 0.594. The van der Waals surface area contributed by atoms with E-state index in [1.165, 1.54) is 11.3 Å². The molecule has 0 bridgehead atoms. The lowest BCUT2D eigenvalue weighted by molar-refractivity contribution is 0.304. The van der Waals surface area contributed by atoms with Gasteiger partial charge in [-0.3, -0.25) is 0 Å². The van der Waals surface area contributed by atoms with Crippen molar-refractivity contribution in [3.05, 3.63) is 22.9 Å². The molecule has 20 heavy (non-hydrogen) atoms. The summed E-state index contributed by atoms with van der Waals surface area (Å²) in [5, 5.41) is 12.7. The number of rotatable bonds is 5. The maximum Gasteiger partial charge on any atom is 0.144 e. The van der Waals surface area contributed by atoms with E-state index in [-0.39, 0.29) is 0 Å². The first-order chi connectivity index (χ1) is 9.52. The van der Waals surface area contributed by atoms with Crippen LogP contribution in [0.3, 0.4) is 0 Å². The predicted molar refractivity (Wildman–Crippen MR) is 82.6 cm³/mol. The highest BCUT2D eigenvalue weighted by Crippen LogP contribution is 2.26. The number of hydrogen-bond donors (Lipinski definition) is 1. The second-order valence-corrected chi connectivity index (χ2v) is 6.49. The molecule has 1 heterocycles. The Morgan fingerprint density at radius 1 is 1.25 bits per heavy atom. The first-order valence-corrected chi connectivity index (χ1v) is 7.69. The van der Waals surface area contributed by atoms with Crippen molar-refractivity contribution in [3.63, 3.8) is 0 Å². The zero-order valence-electron chi connectivity index (χ0n) is 13.0. The molecular formula is C17H25N3. The Labute approximate surface area is 122 Å². The smallest absolute Gasteiger partial charge is 0.144 e. The van der Waals surface area contributed by atoms with Gasteiger partial charge in [-0.2, -0.15) is 5.26 Å². The summed E-state index contributed by atoms with van der Waals surface area (Å²) in [6.07, 6.45) is 3.28. The molecular weight excluding hydrogens is 246 g/mol. The van der Waals surface area contributed by atoms with Crippen molar-refractivity contribution < 1.29 is 0 Å². The van der Waals surface area contributed by atoms with Crippen LogP contribution in [0.4, 0.5) is 5.82 Å². The molecule has 0 aliphatic heterocycles. The summed E-state index contributed by atoms with van der Waals surface area (Å²) in [5.41, 5.74) is 3.13. The number of nitrogens with one attached hydrogen (secondary N) is 1. The topological polar surface area (TPSA) is 48.7 Å². The second-order valence-electron chi connectivity index (χ2n) is 6.49. The quantitative estimate of drug-likeness (QED) is 0.886. The number of fused-ring (bicyclic) bond motifs is 1. The average molecular weight is 271 g/mol. The Morgan fingerprint density at radius 3 is 2.55 bits per heavy atom. The highest BCUT2D eigenvalue weighted by Gasteiger charge is 2.20. The molecule has 108 valence electrons. The molecule has 0 saturated heterocycles. The van der Waals surface area contributed by atoms with Gasteiger partial charge in [-0.25, -0.2) is 4.98 Å². The number of aryl methyl sites for hydroxylation is 2. The van der Waals surface area contributed by atoms with Crippen LogP contribution >= 0.6 is 0 Å². The third-order valence-corrected chi connectivity index (χ3v) is 4.39. The molecule has 0 fully saturated rings. The number of hydrogen-bond acceptors (Lipinski definition) is 3. The van der Waals surface area contributed by atoms with Crippen molar-refractivity contribution in [2.75, 3.05) is 11.9 Å². The van der Waals surface area contributed by atoms with E-state index in [9.17, 15) is 5.26 Å². The van der Waals surface area contributed by atoms with Crippen molar-refractivity contribution in [2.24, 2.45) is 17.8 Å². The van der Waals surface area contributed by atoms with Gasteiger partial charge in [0.25, 0.3) is 0 Å². The molecule has 1 aromatic heterocycles. The molecule has 0 spiro atoms. The fraction of sp³-hybridized carbons (Fsp3) is 0.647. The van der Waals surface area contributed by atoms with E-state index < -0.39 is 0 Å². The standard InChI is InChI=1S/C17H25N3/c1-11(2)15(12(3)4)10-19-17-14(9-18)8-13-6-5-7-16(13)20-17/h8,11-12,15H,5-7,10H2,1-4H3,(H,19,20). The van der Waals surface area contributed by atoms with Gasteiger partial charge in [0.2, 0.25) is 0 Å². The Morgan fingerprint density at radius 2 is 1.95 bits per heavy atom. The Balaban J connectivity index is 2.15. The van der Waals surface area contributed by atoms with Gasteiger partial charge >= 0.3 is 0 Å². The van der Waals surface area contributed by atoms with Gasteiger partial charge in [0.05, 0.1) is 5.56 Å². The Bertz CT molecular complexity index is 504. The van der Waals surface area contributed by atoms with E-state index in [1.807, 2.05) is 6.07 Å². The van der Waals surface area contributed by atoms with Crippen molar-refractivity contribution in [1.82, 2.24) is 4.98 Å². The van der Waals surface area contributed by atoms with Gasteiger partial charge in [0.15, 0.2) is 0 Å². The summed E-state index contributed by atoms with van der Waals surface area (Å²) in [5.74, 6) is 2.63. The lowest BCUT2D eigenvalue weighted by Gasteiger charge is -2.25. The number of nitriles is 1. The normalized spacial score (nSPS) is 13.9. The summed E-state index contributed by atoms with van der Waals surface area (Å²) in [6.45, 7) is 9.92. The first kappa shape index (κ1) is 14.8. The van der Waals surface area contributed by atoms with Crippen LogP contribution in [0.1, 0.15) is 50.9 Å². The van der Waals surface area contributed by atoms with Crippen molar-refractivity contribution in [2.45, 2.75) is 47.0 Å². The molecule has 0 atom stereocenters. The van der Waals surface area contributed by atoms with Gasteiger partial charge < -0.3 is 5.32 Å². The SMILES string of the molecule is CC(C)C(CNc1nc2c(cc1C#N)CCC2)C(C)C. The fourth-order valence-electron chi connectivity index (χ4n) is 3.15. The van der Waals surface area contributed by atoms with E-state index in [4.69, 9.17) is 0 Å². The van der Waals surface area contributed by atoms with Gasteiger partial charge in [-0.05, 0) is 48.6 Å². The third-order valence-electron chi connectivity index (χ3n) is 4.39. The van der Waals surface area contributed by atoms with Crippen molar-refractivity contribution in [3.8, 4) is 6.07 Å². The van der Waals surface area contributed by atoms with Crippen LogP contribution in [0.2, 0.25) is 0 Å². The number of anilines is 1. The lowest BCUT2D eigenvalue weighted by atomic mass is 9.85. The molecule has 1 aliphatic rings. The highest BCUT2D eigenvalue weighted by molar-refractivity contribution is 5.55. The molecule has 0 radical (unpaired) electrons. The molecule has 1 aliphatic carbocycles. The maximum atomic E-state index is 9.30. The summed E-state index contributed by atoms with van der Waals surface area (Å²) in [4.78, 5) is 4.68. The zero-order chi connectivity index (χ0) is 14.7. The van der Waals surface area contributed by atoms with Crippen LogP contribution < -0.4 is 5.32 Å². The Kier molecular flexibility index (Phi) is 4.65. The van der Waals surface area contributed by atoms with Gasteiger partial charge in [-0.15, -0.1) is 0 Å². The number of pyridine rings is 1. The zero-order valence-corrected chi connectivity index (χ0v) is 13.0. The number of aromatic nitrogens is 1.